The topological polar surface area (TPSA) is 84.6 Å². The summed E-state index contributed by atoms with van der Waals surface area (Å²) in [6, 6.07) is 4.66. The van der Waals surface area contributed by atoms with E-state index in [-0.39, 0.29) is 5.92 Å². The summed E-state index contributed by atoms with van der Waals surface area (Å²) in [4.78, 5) is 10.9. The fourth-order valence-electron chi connectivity index (χ4n) is 1.96. The molecule has 4 N–H and O–H groups in total. The first kappa shape index (κ1) is 10.8. The van der Waals surface area contributed by atoms with Crippen molar-refractivity contribution >= 4 is 11.7 Å². The summed E-state index contributed by atoms with van der Waals surface area (Å²) in [6.45, 7) is 0.552. The van der Waals surface area contributed by atoms with E-state index in [1.54, 1.807) is 7.11 Å². The van der Waals surface area contributed by atoms with Crippen molar-refractivity contribution in [2.75, 3.05) is 19.0 Å². The van der Waals surface area contributed by atoms with Gasteiger partial charge in [0.15, 0.2) is 0 Å². The average Bonchev–Trinajstić information content (AvgIpc) is 2.70. The van der Waals surface area contributed by atoms with Gasteiger partial charge in [0.1, 0.15) is 11.8 Å². The van der Waals surface area contributed by atoms with Crippen molar-refractivity contribution in [3.8, 4) is 5.75 Å². The number of carboxylic acids is 1. The quantitative estimate of drug-likeness (QED) is 0.698. The third-order valence-corrected chi connectivity index (χ3v) is 2.89. The van der Waals surface area contributed by atoms with Crippen molar-refractivity contribution in [1.29, 1.82) is 0 Å². The molecule has 0 bridgehead atoms. The summed E-state index contributed by atoms with van der Waals surface area (Å²) in [5.74, 6) is -0.477. The lowest BCUT2D eigenvalue weighted by atomic mass is 9.94. The molecule has 0 amide bonds. The number of aliphatic carboxylic acids is 1. The Labute approximate surface area is 93.2 Å². The lowest BCUT2D eigenvalue weighted by Gasteiger charge is -2.15. The summed E-state index contributed by atoms with van der Waals surface area (Å²) in [5.41, 5.74) is 7.49. The second-order valence-electron chi connectivity index (χ2n) is 3.80. The molecule has 1 heterocycles. The van der Waals surface area contributed by atoms with Crippen molar-refractivity contribution in [2.45, 2.75) is 12.0 Å². The molecule has 1 aliphatic heterocycles. The number of benzene rings is 1. The molecule has 1 aromatic rings. The van der Waals surface area contributed by atoms with Crippen LogP contribution in [0.1, 0.15) is 11.5 Å². The van der Waals surface area contributed by atoms with Crippen molar-refractivity contribution in [2.24, 2.45) is 5.73 Å². The molecule has 86 valence electrons. The highest BCUT2D eigenvalue weighted by Gasteiger charge is 2.31. The minimum absolute atomic E-state index is 0.206. The first-order valence-electron chi connectivity index (χ1n) is 5.03. The van der Waals surface area contributed by atoms with Crippen LogP contribution in [0.4, 0.5) is 5.69 Å². The first-order valence-corrected chi connectivity index (χ1v) is 5.03. The van der Waals surface area contributed by atoms with E-state index in [1.807, 2.05) is 18.2 Å². The number of fused-ring (bicyclic) bond motifs is 1. The van der Waals surface area contributed by atoms with Gasteiger partial charge in [-0.05, 0) is 23.8 Å². The molecule has 0 aliphatic carbocycles. The average molecular weight is 222 g/mol. The van der Waals surface area contributed by atoms with Gasteiger partial charge < -0.3 is 20.9 Å². The third kappa shape index (κ3) is 1.69. The number of nitrogens with two attached hydrogens (primary N) is 1. The summed E-state index contributed by atoms with van der Waals surface area (Å²) >= 11 is 0. The van der Waals surface area contributed by atoms with Crippen LogP contribution in [-0.2, 0) is 4.79 Å². The van der Waals surface area contributed by atoms with E-state index in [0.717, 1.165) is 11.3 Å². The Balaban J connectivity index is 2.34. The molecule has 0 saturated heterocycles. The Bertz CT molecular complexity index is 420. The van der Waals surface area contributed by atoms with Crippen LogP contribution in [0.15, 0.2) is 18.2 Å². The smallest absolute Gasteiger partial charge is 0.321 e. The van der Waals surface area contributed by atoms with Gasteiger partial charge in [-0.25, -0.2) is 0 Å². The number of hydrogen-bond acceptors (Lipinski definition) is 4. The molecule has 0 spiro atoms. The SMILES string of the molecule is COc1ccc2c(c1)C(C(N)C(=O)O)CN2. The van der Waals surface area contributed by atoms with Crippen LogP contribution < -0.4 is 15.8 Å². The summed E-state index contributed by atoms with van der Waals surface area (Å²) in [7, 11) is 1.58. The number of hydrogen-bond donors (Lipinski definition) is 3. The van der Waals surface area contributed by atoms with Crippen LogP contribution in [0.3, 0.4) is 0 Å². The maximum Gasteiger partial charge on any atom is 0.321 e. The van der Waals surface area contributed by atoms with Gasteiger partial charge in [0.05, 0.1) is 7.11 Å². The number of ether oxygens (including phenoxy) is 1. The predicted molar refractivity (Wildman–Crippen MR) is 59.8 cm³/mol. The minimum Gasteiger partial charge on any atom is -0.497 e. The highest BCUT2D eigenvalue weighted by atomic mass is 16.5. The van der Waals surface area contributed by atoms with E-state index >= 15 is 0 Å². The standard InChI is InChI=1S/C11H14N2O3/c1-16-6-2-3-9-7(4-6)8(5-13-9)10(12)11(14)15/h2-4,8,10,13H,5,12H2,1H3,(H,14,15). The Morgan fingerprint density at radius 1 is 1.69 bits per heavy atom. The number of carboxylic acid groups (broad SMARTS) is 1. The van der Waals surface area contributed by atoms with Gasteiger partial charge in [-0.15, -0.1) is 0 Å². The molecule has 0 aromatic heterocycles. The van der Waals surface area contributed by atoms with Gasteiger partial charge in [-0.3, -0.25) is 4.79 Å². The number of rotatable bonds is 3. The molecular formula is C11H14N2O3. The van der Waals surface area contributed by atoms with Gasteiger partial charge in [0, 0.05) is 18.2 Å². The fraction of sp³-hybridized carbons (Fsp3) is 0.364. The first-order chi connectivity index (χ1) is 7.63. The number of methoxy groups -OCH3 is 1. The Morgan fingerprint density at radius 2 is 2.44 bits per heavy atom. The molecule has 2 atom stereocenters. The Morgan fingerprint density at radius 3 is 3.06 bits per heavy atom. The van der Waals surface area contributed by atoms with Crippen molar-refractivity contribution in [3.05, 3.63) is 23.8 Å². The van der Waals surface area contributed by atoms with Gasteiger partial charge in [0.2, 0.25) is 0 Å². The molecule has 0 saturated carbocycles. The Hall–Kier alpha value is -1.75. The van der Waals surface area contributed by atoms with Crippen LogP contribution in [0.5, 0.6) is 5.75 Å². The second-order valence-corrected chi connectivity index (χ2v) is 3.80. The van der Waals surface area contributed by atoms with Crippen molar-refractivity contribution in [1.82, 2.24) is 0 Å². The lowest BCUT2D eigenvalue weighted by molar-refractivity contribution is -0.139. The largest absolute Gasteiger partial charge is 0.497 e. The highest BCUT2D eigenvalue weighted by molar-refractivity contribution is 5.77. The van der Waals surface area contributed by atoms with E-state index in [0.29, 0.717) is 12.3 Å². The molecule has 5 nitrogen and oxygen atoms in total. The fourth-order valence-corrected chi connectivity index (χ4v) is 1.96. The zero-order valence-electron chi connectivity index (χ0n) is 8.93. The van der Waals surface area contributed by atoms with E-state index in [9.17, 15) is 4.79 Å². The zero-order valence-corrected chi connectivity index (χ0v) is 8.93. The van der Waals surface area contributed by atoms with E-state index in [4.69, 9.17) is 15.6 Å². The summed E-state index contributed by atoms with van der Waals surface area (Å²) in [6.07, 6.45) is 0. The molecule has 0 radical (unpaired) electrons. The van der Waals surface area contributed by atoms with Gasteiger partial charge in [-0.1, -0.05) is 0 Å². The number of nitrogens with one attached hydrogen (secondary N) is 1. The zero-order chi connectivity index (χ0) is 11.7. The van der Waals surface area contributed by atoms with Crippen molar-refractivity contribution < 1.29 is 14.6 Å². The predicted octanol–water partition coefficient (Wildman–Crippen LogP) is 0.616. The lowest BCUT2D eigenvalue weighted by Crippen LogP contribution is -2.37. The van der Waals surface area contributed by atoms with E-state index in [2.05, 4.69) is 5.32 Å². The van der Waals surface area contributed by atoms with Gasteiger partial charge in [-0.2, -0.15) is 0 Å². The van der Waals surface area contributed by atoms with Crippen molar-refractivity contribution in [3.63, 3.8) is 0 Å². The highest BCUT2D eigenvalue weighted by Crippen LogP contribution is 2.35. The molecule has 0 fully saturated rings. The van der Waals surface area contributed by atoms with E-state index < -0.39 is 12.0 Å². The molecule has 1 aromatic carbocycles. The molecule has 2 rings (SSSR count). The van der Waals surface area contributed by atoms with Gasteiger partial charge in [0.25, 0.3) is 0 Å². The molecule has 16 heavy (non-hydrogen) atoms. The van der Waals surface area contributed by atoms with Crippen LogP contribution >= 0.6 is 0 Å². The van der Waals surface area contributed by atoms with Crippen LogP contribution in [0.2, 0.25) is 0 Å². The van der Waals surface area contributed by atoms with Crippen LogP contribution in [0.25, 0.3) is 0 Å². The Kier molecular flexibility index (Phi) is 2.70. The second kappa shape index (κ2) is 4.02. The van der Waals surface area contributed by atoms with Gasteiger partial charge >= 0.3 is 5.97 Å². The molecule has 1 aliphatic rings. The normalized spacial score (nSPS) is 19.8. The minimum atomic E-state index is -0.984. The maximum absolute atomic E-state index is 10.9. The summed E-state index contributed by atoms with van der Waals surface area (Å²) < 4.78 is 5.11. The van der Waals surface area contributed by atoms with E-state index in [1.165, 1.54) is 0 Å². The number of anilines is 1. The molecule has 5 heteroatoms. The number of carbonyl (C=O) groups is 1. The monoisotopic (exact) mass is 222 g/mol. The molecule has 2 unspecified atom stereocenters. The van der Waals surface area contributed by atoms with Crippen LogP contribution in [0, 0.1) is 0 Å². The molecular weight excluding hydrogens is 208 g/mol. The summed E-state index contributed by atoms with van der Waals surface area (Å²) in [5, 5.41) is 12.0. The third-order valence-electron chi connectivity index (χ3n) is 2.89. The van der Waals surface area contributed by atoms with Crippen LogP contribution in [-0.4, -0.2) is 30.8 Å². The maximum atomic E-state index is 10.9.